The minimum absolute atomic E-state index is 0.0699. The van der Waals surface area contributed by atoms with E-state index in [0.29, 0.717) is 17.3 Å². The molecule has 0 spiro atoms. The molecule has 3 nitrogen and oxygen atoms in total. The van der Waals surface area contributed by atoms with Gasteiger partial charge in [0.2, 0.25) is 0 Å². The lowest BCUT2D eigenvalue weighted by atomic mass is 10.1. The topological polar surface area (TPSA) is 40.5 Å². The number of nitrogens with zero attached hydrogens (tertiary/aromatic N) is 1. The Balaban J connectivity index is 2.32. The standard InChI is InChI=1S/C15H13ClFNO2/c1-18(9-10-4-2-3-5-13(10)16)14-7-6-11(17)8-12(14)15(19)20/h2-8H,9H2,1H3,(H,19,20). The molecule has 2 aromatic rings. The summed E-state index contributed by atoms with van der Waals surface area (Å²) in [4.78, 5) is 12.9. The molecule has 20 heavy (non-hydrogen) atoms. The Morgan fingerprint density at radius 1 is 1.30 bits per heavy atom. The predicted octanol–water partition coefficient (Wildman–Crippen LogP) is 3.81. The van der Waals surface area contributed by atoms with E-state index in [1.807, 2.05) is 18.2 Å². The molecule has 0 heterocycles. The molecule has 0 saturated heterocycles. The van der Waals surface area contributed by atoms with Gasteiger partial charge in [0.15, 0.2) is 0 Å². The maximum Gasteiger partial charge on any atom is 0.337 e. The second kappa shape index (κ2) is 5.92. The second-order valence-electron chi connectivity index (χ2n) is 4.41. The van der Waals surface area contributed by atoms with Crippen LogP contribution in [0.4, 0.5) is 10.1 Å². The van der Waals surface area contributed by atoms with Gasteiger partial charge in [-0.05, 0) is 29.8 Å². The van der Waals surface area contributed by atoms with Gasteiger partial charge in [0.05, 0.1) is 11.3 Å². The summed E-state index contributed by atoms with van der Waals surface area (Å²) in [5.74, 6) is -1.73. The van der Waals surface area contributed by atoms with Crippen LogP contribution in [-0.2, 0) is 6.54 Å². The van der Waals surface area contributed by atoms with Crippen LogP contribution in [0.1, 0.15) is 15.9 Å². The molecule has 0 aliphatic heterocycles. The van der Waals surface area contributed by atoms with Crippen LogP contribution in [0, 0.1) is 5.82 Å². The Bertz CT molecular complexity index is 646. The molecular weight excluding hydrogens is 281 g/mol. The summed E-state index contributed by atoms with van der Waals surface area (Å²) in [5, 5.41) is 9.75. The van der Waals surface area contributed by atoms with Crippen LogP contribution in [0.3, 0.4) is 0 Å². The monoisotopic (exact) mass is 293 g/mol. The Hall–Kier alpha value is -2.07. The lowest BCUT2D eigenvalue weighted by molar-refractivity contribution is 0.0697. The molecule has 0 unspecified atom stereocenters. The van der Waals surface area contributed by atoms with Gasteiger partial charge in [0.25, 0.3) is 0 Å². The van der Waals surface area contributed by atoms with Crippen LogP contribution < -0.4 is 4.90 Å². The van der Waals surface area contributed by atoms with E-state index >= 15 is 0 Å². The van der Waals surface area contributed by atoms with E-state index in [1.54, 1.807) is 18.0 Å². The number of carboxylic acid groups (broad SMARTS) is 1. The fourth-order valence-electron chi connectivity index (χ4n) is 1.98. The zero-order chi connectivity index (χ0) is 14.7. The van der Waals surface area contributed by atoms with Crippen molar-refractivity contribution in [3.05, 3.63) is 64.4 Å². The summed E-state index contributed by atoms with van der Waals surface area (Å²) < 4.78 is 13.2. The van der Waals surface area contributed by atoms with Crippen molar-refractivity contribution < 1.29 is 14.3 Å². The fraction of sp³-hybridized carbons (Fsp3) is 0.133. The van der Waals surface area contributed by atoms with E-state index in [0.717, 1.165) is 11.6 Å². The zero-order valence-corrected chi connectivity index (χ0v) is 11.6. The summed E-state index contributed by atoms with van der Waals surface area (Å²) in [6.07, 6.45) is 0. The third-order valence-corrected chi connectivity index (χ3v) is 3.33. The first kappa shape index (κ1) is 14.3. The average molecular weight is 294 g/mol. The first-order valence-corrected chi connectivity index (χ1v) is 6.34. The highest BCUT2D eigenvalue weighted by atomic mass is 35.5. The van der Waals surface area contributed by atoms with Crippen LogP contribution in [0.2, 0.25) is 5.02 Å². The van der Waals surface area contributed by atoms with Crippen LogP contribution in [0.25, 0.3) is 0 Å². The molecule has 0 fully saturated rings. The molecule has 0 aliphatic carbocycles. The van der Waals surface area contributed by atoms with Crippen molar-refractivity contribution in [2.75, 3.05) is 11.9 Å². The van der Waals surface area contributed by atoms with E-state index in [2.05, 4.69) is 0 Å². The van der Waals surface area contributed by atoms with Crippen molar-refractivity contribution in [2.45, 2.75) is 6.54 Å². The van der Waals surface area contributed by atoms with Gasteiger partial charge in [0, 0.05) is 18.6 Å². The smallest absolute Gasteiger partial charge is 0.337 e. The molecule has 1 N–H and O–H groups in total. The number of hydrogen-bond acceptors (Lipinski definition) is 2. The van der Waals surface area contributed by atoms with E-state index < -0.39 is 11.8 Å². The summed E-state index contributed by atoms with van der Waals surface area (Å²) >= 11 is 6.08. The number of benzene rings is 2. The number of aromatic carboxylic acids is 1. The molecule has 0 amide bonds. The highest BCUT2D eigenvalue weighted by molar-refractivity contribution is 6.31. The van der Waals surface area contributed by atoms with Crippen molar-refractivity contribution in [1.82, 2.24) is 0 Å². The molecule has 0 bridgehead atoms. The lowest BCUT2D eigenvalue weighted by Crippen LogP contribution is -2.19. The van der Waals surface area contributed by atoms with Crippen LogP contribution in [0.5, 0.6) is 0 Å². The van der Waals surface area contributed by atoms with E-state index in [-0.39, 0.29) is 5.56 Å². The van der Waals surface area contributed by atoms with Gasteiger partial charge in [-0.15, -0.1) is 0 Å². The van der Waals surface area contributed by atoms with E-state index in [9.17, 15) is 9.18 Å². The quantitative estimate of drug-likeness (QED) is 0.932. The van der Waals surface area contributed by atoms with Gasteiger partial charge >= 0.3 is 5.97 Å². The first-order chi connectivity index (χ1) is 9.49. The molecule has 0 aliphatic rings. The second-order valence-corrected chi connectivity index (χ2v) is 4.82. The van der Waals surface area contributed by atoms with E-state index in [4.69, 9.17) is 16.7 Å². The Morgan fingerprint density at radius 2 is 2.00 bits per heavy atom. The van der Waals surface area contributed by atoms with Gasteiger partial charge < -0.3 is 10.0 Å². The molecular formula is C15H13ClFNO2. The molecule has 104 valence electrons. The molecule has 2 rings (SSSR count). The largest absolute Gasteiger partial charge is 0.478 e. The van der Waals surface area contributed by atoms with Crippen molar-refractivity contribution in [1.29, 1.82) is 0 Å². The Morgan fingerprint density at radius 3 is 2.65 bits per heavy atom. The number of anilines is 1. The highest BCUT2D eigenvalue weighted by Crippen LogP contribution is 2.24. The van der Waals surface area contributed by atoms with Gasteiger partial charge in [-0.1, -0.05) is 29.8 Å². The summed E-state index contributed by atoms with van der Waals surface area (Å²) in [7, 11) is 1.74. The Kier molecular flexibility index (Phi) is 4.25. The van der Waals surface area contributed by atoms with Crippen molar-refractivity contribution in [2.24, 2.45) is 0 Å². The van der Waals surface area contributed by atoms with E-state index in [1.165, 1.54) is 12.1 Å². The van der Waals surface area contributed by atoms with Gasteiger partial charge in [-0.2, -0.15) is 0 Å². The third kappa shape index (κ3) is 3.08. The van der Waals surface area contributed by atoms with Crippen LogP contribution in [-0.4, -0.2) is 18.1 Å². The number of carboxylic acids is 1. The summed E-state index contributed by atoms with van der Waals surface area (Å²) in [6.45, 7) is 0.436. The molecule has 5 heteroatoms. The molecule has 2 aromatic carbocycles. The zero-order valence-electron chi connectivity index (χ0n) is 10.8. The molecule has 0 atom stereocenters. The predicted molar refractivity (Wildman–Crippen MR) is 76.9 cm³/mol. The van der Waals surface area contributed by atoms with Crippen molar-refractivity contribution >= 4 is 23.3 Å². The van der Waals surface area contributed by atoms with Crippen LogP contribution in [0.15, 0.2) is 42.5 Å². The summed E-state index contributed by atoms with van der Waals surface area (Å²) in [5.41, 5.74) is 1.25. The minimum Gasteiger partial charge on any atom is -0.478 e. The fourth-order valence-corrected chi connectivity index (χ4v) is 2.18. The van der Waals surface area contributed by atoms with Crippen molar-refractivity contribution in [3.8, 4) is 0 Å². The number of rotatable bonds is 4. The minimum atomic E-state index is -1.16. The number of halogens is 2. The maximum absolute atomic E-state index is 13.2. The van der Waals surface area contributed by atoms with Gasteiger partial charge in [-0.25, -0.2) is 9.18 Å². The third-order valence-electron chi connectivity index (χ3n) is 2.97. The van der Waals surface area contributed by atoms with Gasteiger partial charge in [0.1, 0.15) is 5.82 Å². The summed E-state index contributed by atoms with van der Waals surface area (Å²) in [6, 6.07) is 11.0. The lowest BCUT2D eigenvalue weighted by Gasteiger charge is -2.22. The number of carbonyl (C=O) groups is 1. The SMILES string of the molecule is CN(Cc1ccccc1Cl)c1ccc(F)cc1C(=O)O. The molecule has 0 saturated carbocycles. The van der Waals surface area contributed by atoms with Crippen LogP contribution >= 0.6 is 11.6 Å². The molecule has 0 aromatic heterocycles. The first-order valence-electron chi connectivity index (χ1n) is 5.96. The van der Waals surface area contributed by atoms with Gasteiger partial charge in [-0.3, -0.25) is 0 Å². The Labute approximate surface area is 121 Å². The normalized spacial score (nSPS) is 10.3. The number of hydrogen-bond donors (Lipinski definition) is 1. The molecule has 0 radical (unpaired) electrons. The average Bonchev–Trinajstić information content (AvgIpc) is 2.41. The maximum atomic E-state index is 13.2. The highest BCUT2D eigenvalue weighted by Gasteiger charge is 2.15. The van der Waals surface area contributed by atoms with Crippen molar-refractivity contribution in [3.63, 3.8) is 0 Å².